The zero-order chi connectivity index (χ0) is 23.7. The quantitative estimate of drug-likeness (QED) is 0.222. The summed E-state index contributed by atoms with van der Waals surface area (Å²) in [5.41, 5.74) is 7.19. The fraction of sp³-hybridized carbons (Fsp3) is 0.136. The summed E-state index contributed by atoms with van der Waals surface area (Å²) < 4.78 is 13.3. The number of benzene rings is 2. The van der Waals surface area contributed by atoms with E-state index in [2.05, 4.69) is 41.3 Å². The molecule has 34 heavy (non-hydrogen) atoms. The number of aromatic nitrogens is 5. The van der Waals surface area contributed by atoms with Crippen LogP contribution in [0, 0.1) is 5.41 Å². The third-order valence-electron chi connectivity index (χ3n) is 5.11. The molecule has 1 atom stereocenters. The number of rotatable bonds is 6. The number of amidine groups is 1. The van der Waals surface area contributed by atoms with Crippen LogP contribution in [0.25, 0.3) is 5.95 Å². The molecule has 0 saturated carbocycles. The number of ether oxygens (including phenoxy) is 2. The maximum Gasteiger partial charge on any atom is 0.350 e. The second kappa shape index (κ2) is 8.98. The van der Waals surface area contributed by atoms with Crippen molar-refractivity contribution in [1.82, 2.24) is 24.7 Å². The Labute approximate surface area is 201 Å². The van der Waals surface area contributed by atoms with E-state index in [1.165, 1.54) is 12.4 Å². The molecule has 1 unspecified atom stereocenters. The van der Waals surface area contributed by atoms with Crippen LogP contribution in [0.3, 0.4) is 0 Å². The van der Waals surface area contributed by atoms with Gasteiger partial charge in [-0.05, 0) is 64.0 Å². The number of anilines is 1. The summed E-state index contributed by atoms with van der Waals surface area (Å²) in [6.45, 7) is 0.897. The monoisotopic (exact) mass is 522 g/mol. The van der Waals surface area contributed by atoms with Gasteiger partial charge < -0.3 is 20.5 Å². The summed E-state index contributed by atoms with van der Waals surface area (Å²) in [7, 11) is 0. The van der Waals surface area contributed by atoms with E-state index in [-0.39, 0.29) is 11.8 Å². The number of fused-ring (bicyclic) bond motifs is 1. The minimum Gasteiger partial charge on any atom is -0.486 e. The number of nitrogens with two attached hydrogens (primary N) is 1. The number of aromatic amines is 1. The first-order chi connectivity index (χ1) is 16.5. The molecule has 2 aromatic carbocycles. The lowest BCUT2D eigenvalue weighted by atomic mass is 10.0. The van der Waals surface area contributed by atoms with Gasteiger partial charge in [0.1, 0.15) is 25.1 Å². The van der Waals surface area contributed by atoms with Gasteiger partial charge in [-0.1, -0.05) is 0 Å². The molecule has 5 N–H and O–H groups in total. The van der Waals surface area contributed by atoms with Crippen molar-refractivity contribution in [3.8, 4) is 17.4 Å². The zero-order valence-corrected chi connectivity index (χ0v) is 19.2. The van der Waals surface area contributed by atoms with Crippen LogP contribution in [0.4, 0.5) is 5.69 Å². The largest absolute Gasteiger partial charge is 0.486 e. The molecular weight excluding hydrogens is 504 g/mol. The molecule has 0 saturated heterocycles. The molecule has 4 aromatic rings. The van der Waals surface area contributed by atoms with Gasteiger partial charge in [-0.3, -0.25) is 10.4 Å². The van der Waals surface area contributed by atoms with Crippen molar-refractivity contribution in [3.63, 3.8) is 0 Å². The lowest BCUT2D eigenvalue weighted by Crippen LogP contribution is -2.19. The first kappa shape index (κ1) is 21.6. The van der Waals surface area contributed by atoms with Crippen molar-refractivity contribution in [1.29, 1.82) is 5.41 Å². The minimum absolute atomic E-state index is 0.0233. The van der Waals surface area contributed by atoms with E-state index >= 15 is 0 Å². The number of H-pyrrole nitrogens is 1. The van der Waals surface area contributed by atoms with Gasteiger partial charge in [0.15, 0.2) is 17.3 Å². The second-order valence-corrected chi connectivity index (χ2v) is 8.23. The topological polar surface area (TPSA) is 157 Å². The number of halogens is 1. The van der Waals surface area contributed by atoms with E-state index in [4.69, 9.17) is 20.6 Å². The third-order valence-corrected chi connectivity index (χ3v) is 5.70. The van der Waals surface area contributed by atoms with Gasteiger partial charge in [-0.2, -0.15) is 0 Å². The van der Waals surface area contributed by atoms with Gasteiger partial charge in [0.2, 0.25) is 0 Å². The minimum atomic E-state index is -0.576. The number of hydrogen-bond donors (Lipinski definition) is 4. The maximum atomic E-state index is 12.7. The number of nitrogens with one attached hydrogen (secondary N) is 3. The highest BCUT2D eigenvalue weighted by molar-refractivity contribution is 9.10. The molecule has 0 fully saturated rings. The van der Waals surface area contributed by atoms with Crippen molar-refractivity contribution in [2.45, 2.75) is 6.04 Å². The Kier molecular flexibility index (Phi) is 5.72. The van der Waals surface area contributed by atoms with E-state index in [0.717, 1.165) is 15.9 Å². The summed E-state index contributed by atoms with van der Waals surface area (Å²) in [6.07, 6.45) is 3.07. The molecule has 0 radical (unpaired) electrons. The molecule has 5 rings (SSSR count). The molecule has 12 heteroatoms. The summed E-state index contributed by atoms with van der Waals surface area (Å²) in [6, 6.07) is 11.9. The van der Waals surface area contributed by atoms with E-state index in [9.17, 15) is 4.79 Å². The van der Waals surface area contributed by atoms with Crippen LogP contribution in [0.1, 0.15) is 23.0 Å². The van der Waals surface area contributed by atoms with E-state index < -0.39 is 11.7 Å². The fourth-order valence-corrected chi connectivity index (χ4v) is 4.10. The van der Waals surface area contributed by atoms with Gasteiger partial charge in [0.05, 0.1) is 4.47 Å². The molecule has 0 amide bonds. The first-order valence-corrected chi connectivity index (χ1v) is 11.1. The molecule has 1 aliphatic heterocycles. The standard InChI is InChI=1S/C22H19BrN8O3/c23-15-10-13(11-16-18(15)34-9-8-33-16)17(28-14-4-2-12(3-5-14)19(24)25)20-29-22(32)31(30-20)21-26-6-1-7-27-21/h1-7,10-11,17,28H,8-9H2,(H3,24,25)(H,29,30,32). The Morgan fingerprint density at radius 2 is 1.91 bits per heavy atom. The second-order valence-electron chi connectivity index (χ2n) is 7.37. The van der Waals surface area contributed by atoms with Gasteiger partial charge in [-0.25, -0.2) is 14.8 Å². The van der Waals surface area contributed by atoms with Gasteiger partial charge in [0, 0.05) is 23.6 Å². The Balaban J connectivity index is 1.59. The predicted octanol–water partition coefficient (Wildman–Crippen LogP) is 2.37. The van der Waals surface area contributed by atoms with Gasteiger partial charge in [0.25, 0.3) is 5.95 Å². The fourth-order valence-electron chi connectivity index (χ4n) is 3.53. The van der Waals surface area contributed by atoms with Gasteiger partial charge >= 0.3 is 5.69 Å². The van der Waals surface area contributed by atoms with E-state index in [1.54, 1.807) is 30.3 Å². The van der Waals surface area contributed by atoms with Crippen molar-refractivity contribution < 1.29 is 9.47 Å². The van der Waals surface area contributed by atoms with E-state index in [1.807, 2.05) is 12.1 Å². The molecular formula is C22H19BrN8O3. The smallest absolute Gasteiger partial charge is 0.350 e. The molecule has 172 valence electrons. The van der Waals surface area contributed by atoms with Crippen molar-refractivity contribution >= 4 is 27.5 Å². The zero-order valence-electron chi connectivity index (χ0n) is 17.7. The summed E-state index contributed by atoms with van der Waals surface area (Å²) in [4.78, 5) is 23.7. The Morgan fingerprint density at radius 1 is 1.18 bits per heavy atom. The van der Waals surface area contributed by atoms with Crippen LogP contribution in [0.15, 0.2) is 64.1 Å². The summed E-state index contributed by atoms with van der Waals surface area (Å²) in [5, 5.41) is 15.4. The first-order valence-electron chi connectivity index (χ1n) is 10.3. The average molecular weight is 523 g/mol. The molecule has 11 nitrogen and oxygen atoms in total. The van der Waals surface area contributed by atoms with Crippen molar-refractivity contribution in [3.05, 3.63) is 86.8 Å². The third kappa shape index (κ3) is 4.22. The van der Waals surface area contributed by atoms with Crippen LogP contribution < -0.4 is 26.2 Å². The number of nitrogen functional groups attached to an aromatic ring is 1. The predicted molar refractivity (Wildman–Crippen MR) is 128 cm³/mol. The lowest BCUT2D eigenvalue weighted by Gasteiger charge is -2.23. The maximum absolute atomic E-state index is 12.7. The Bertz CT molecular complexity index is 1400. The highest BCUT2D eigenvalue weighted by Crippen LogP contribution is 2.41. The van der Waals surface area contributed by atoms with Crippen LogP contribution in [-0.2, 0) is 0 Å². The SMILES string of the molecule is N=C(N)c1ccc(NC(c2cc(Br)c3c(c2)OCCO3)c2nn(-c3ncccn3)c(=O)[nH]2)cc1. The van der Waals surface area contributed by atoms with Crippen LogP contribution in [0.2, 0.25) is 0 Å². The van der Waals surface area contributed by atoms with Crippen molar-refractivity contribution in [2.75, 3.05) is 18.5 Å². The highest BCUT2D eigenvalue weighted by Gasteiger charge is 2.25. The molecule has 1 aliphatic rings. The molecule has 0 aliphatic carbocycles. The molecule has 0 spiro atoms. The Hall–Kier alpha value is -4.19. The normalized spacial score (nSPS) is 13.3. The van der Waals surface area contributed by atoms with Crippen LogP contribution in [0.5, 0.6) is 11.5 Å². The number of nitrogens with zero attached hydrogens (tertiary/aromatic N) is 4. The summed E-state index contributed by atoms with van der Waals surface area (Å²) >= 11 is 3.55. The Morgan fingerprint density at radius 3 is 2.65 bits per heavy atom. The summed E-state index contributed by atoms with van der Waals surface area (Å²) in [5.74, 6) is 1.68. The molecule has 2 aromatic heterocycles. The average Bonchev–Trinajstić information content (AvgIpc) is 3.24. The van der Waals surface area contributed by atoms with Crippen molar-refractivity contribution in [2.24, 2.45) is 5.73 Å². The highest BCUT2D eigenvalue weighted by atomic mass is 79.9. The van der Waals surface area contributed by atoms with Gasteiger partial charge in [-0.15, -0.1) is 9.78 Å². The lowest BCUT2D eigenvalue weighted by molar-refractivity contribution is 0.170. The van der Waals surface area contributed by atoms with E-state index in [0.29, 0.717) is 40.6 Å². The number of hydrogen-bond acceptors (Lipinski definition) is 8. The van der Waals surface area contributed by atoms with Crippen LogP contribution >= 0.6 is 15.9 Å². The molecule has 3 heterocycles. The van der Waals surface area contributed by atoms with Crippen LogP contribution in [-0.4, -0.2) is 43.8 Å². The molecule has 0 bridgehead atoms.